The first-order valence-corrected chi connectivity index (χ1v) is 18.4. The van der Waals surface area contributed by atoms with E-state index in [0.29, 0.717) is 32.0 Å². The van der Waals surface area contributed by atoms with E-state index in [-0.39, 0.29) is 46.2 Å². The second-order valence-corrected chi connectivity index (χ2v) is 16.0. The minimum Gasteiger partial charge on any atom is -0.390 e. The summed E-state index contributed by atoms with van der Waals surface area (Å²) in [5.41, 5.74) is -0.161. The molecule has 3 N–H and O–H groups in total. The lowest BCUT2D eigenvalue weighted by atomic mass is 9.99. The fraction of sp³-hybridized carbons (Fsp3) is 0.548. The fourth-order valence-corrected chi connectivity index (χ4v) is 7.40. The number of sulfonamides is 2. The minimum atomic E-state index is -4.11. The molecule has 16 heteroatoms. The summed E-state index contributed by atoms with van der Waals surface area (Å²) in [6, 6.07) is 5.03. The molecule has 0 spiro atoms. The van der Waals surface area contributed by atoms with Crippen molar-refractivity contribution in [3.05, 3.63) is 64.7 Å². The van der Waals surface area contributed by atoms with Crippen LogP contribution in [0.3, 0.4) is 0 Å². The molecule has 0 fully saturated rings. The SMILES string of the molecule is CCCN(CCC)C(=O)c1cc(C(=O)NC(Cc2cc(F)cc(F)c2)C(O)CN(C)NS(=O)(=O)CC(C)C)cc(S(=O)(=O)N(C)C)c1. The Morgan fingerprint density at radius 3 is 1.94 bits per heavy atom. The molecular weight excluding hydrogens is 656 g/mol. The monoisotopic (exact) mass is 703 g/mol. The van der Waals surface area contributed by atoms with Gasteiger partial charge in [-0.1, -0.05) is 27.7 Å². The lowest BCUT2D eigenvalue weighted by molar-refractivity contribution is 0.0687. The van der Waals surface area contributed by atoms with Gasteiger partial charge in [0.15, 0.2) is 0 Å². The molecule has 47 heavy (non-hydrogen) atoms. The van der Waals surface area contributed by atoms with Crippen LogP contribution in [0.15, 0.2) is 41.3 Å². The summed E-state index contributed by atoms with van der Waals surface area (Å²) in [5.74, 6) is -3.48. The third-order valence-corrected chi connectivity index (χ3v) is 10.4. The number of nitrogens with zero attached hydrogens (tertiary/aromatic N) is 3. The van der Waals surface area contributed by atoms with E-state index in [0.717, 1.165) is 27.5 Å². The van der Waals surface area contributed by atoms with Crippen molar-refractivity contribution in [1.29, 1.82) is 0 Å². The van der Waals surface area contributed by atoms with Crippen molar-refractivity contribution in [2.75, 3.05) is 46.5 Å². The number of aliphatic hydroxyl groups is 1. The van der Waals surface area contributed by atoms with Gasteiger partial charge in [0.1, 0.15) is 11.6 Å². The number of hydrazine groups is 1. The highest BCUT2D eigenvalue weighted by atomic mass is 32.2. The van der Waals surface area contributed by atoms with Gasteiger partial charge < -0.3 is 15.3 Å². The Bertz CT molecular complexity index is 1580. The number of rotatable bonds is 18. The minimum absolute atomic E-state index is 0.0384. The molecule has 0 saturated heterocycles. The van der Waals surface area contributed by atoms with Crippen LogP contribution in [-0.2, 0) is 26.5 Å². The highest BCUT2D eigenvalue weighted by Gasteiger charge is 2.28. The van der Waals surface area contributed by atoms with Crippen LogP contribution < -0.4 is 10.1 Å². The molecule has 2 aromatic carbocycles. The first-order valence-electron chi connectivity index (χ1n) is 15.3. The molecule has 0 aliphatic rings. The summed E-state index contributed by atoms with van der Waals surface area (Å²) < 4.78 is 80.2. The lowest BCUT2D eigenvalue weighted by Gasteiger charge is -2.28. The number of nitrogens with one attached hydrogen (secondary N) is 2. The van der Waals surface area contributed by atoms with Crippen molar-refractivity contribution in [2.45, 2.75) is 64.0 Å². The summed E-state index contributed by atoms with van der Waals surface area (Å²) in [6.45, 7) is 7.70. The van der Waals surface area contributed by atoms with E-state index in [9.17, 15) is 40.3 Å². The number of benzene rings is 2. The third-order valence-electron chi connectivity index (χ3n) is 6.94. The maximum atomic E-state index is 14.1. The van der Waals surface area contributed by atoms with Gasteiger partial charge in [-0.25, -0.2) is 34.9 Å². The summed E-state index contributed by atoms with van der Waals surface area (Å²) in [5, 5.41) is 14.9. The van der Waals surface area contributed by atoms with Gasteiger partial charge in [-0.15, -0.1) is 4.83 Å². The molecule has 2 atom stereocenters. The highest BCUT2D eigenvalue weighted by molar-refractivity contribution is 7.89. The zero-order valence-corrected chi connectivity index (χ0v) is 29.6. The van der Waals surface area contributed by atoms with Gasteiger partial charge in [0, 0.05) is 58.0 Å². The average Bonchev–Trinajstić information content (AvgIpc) is 2.94. The highest BCUT2D eigenvalue weighted by Crippen LogP contribution is 2.21. The molecule has 2 unspecified atom stereocenters. The maximum Gasteiger partial charge on any atom is 0.253 e. The van der Waals surface area contributed by atoms with E-state index in [1.165, 1.54) is 33.3 Å². The maximum absolute atomic E-state index is 14.1. The normalized spacial score (nSPS) is 13.6. The lowest BCUT2D eigenvalue weighted by Crippen LogP contribution is -2.52. The number of hydrogen-bond acceptors (Lipinski definition) is 8. The predicted molar refractivity (Wildman–Crippen MR) is 176 cm³/mol. The molecule has 12 nitrogen and oxygen atoms in total. The summed E-state index contributed by atoms with van der Waals surface area (Å²) in [6.07, 6.45) is -0.471. The summed E-state index contributed by atoms with van der Waals surface area (Å²) in [4.78, 5) is 30.8. The number of hydrogen-bond donors (Lipinski definition) is 3. The van der Waals surface area contributed by atoms with Crippen LogP contribution in [0.25, 0.3) is 0 Å². The zero-order valence-electron chi connectivity index (χ0n) is 28.0. The average molecular weight is 704 g/mol. The third kappa shape index (κ3) is 12.2. The molecule has 0 aliphatic carbocycles. The van der Waals surface area contributed by atoms with Gasteiger partial charge >= 0.3 is 0 Å². The number of likely N-dealkylation sites (N-methyl/N-ethyl adjacent to an activating group) is 1. The fourth-order valence-electron chi connectivity index (χ4n) is 4.93. The van der Waals surface area contributed by atoms with E-state index >= 15 is 0 Å². The van der Waals surface area contributed by atoms with Crippen LogP contribution in [-0.4, -0.2) is 107 Å². The van der Waals surface area contributed by atoms with E-state index in [2.05, 4.69) is 10.1 Å². The molecule has 0 aliphatic heterocycles. The summed E-state index contributed by atoms with van der Waals surface area (Å²) in [7, 11) is -3.89. The number of carbonyl (C=O) groups is 2. The van der Waals surface area contributed by atoms with Crippen molar-refractivity contribution < 1.29 is 40.3 Å². The molecule has 0 radical (unpaired) electrons. The molecule has 0 aromatic heterocycles. The van der Waals surface area contributed by atoms with E-state index in [4.69, 9.17) is 0 Å². The zero-order chi connectivity index (χ0) is 35.7. The Hall–Kier alpha value is -3.02. The van der Waals surface area contributed by atoms with Gasteiger partial charge in [0.05, 0.1) is 22.8 Å². The Balaban J connectivity index is 2.55. The Morgan fingerprint density at radius 2 is 1.43 bits per heavy atom. The van der Waals surface area contributed by atoms with Crippen LogP contribution in [0, 0.1) is 17.6 Å². The Morgan fingerprint density at radius 1 is 0.872 bits per heavy atom. The second-order valence-electron chi connectivity index (χ2n) is 12.1. The summed E-state index contributed by atoms with van der Waals surface area (Å²) >= 11 is 0. The van der Waals surface area contributed by atoms with Crippen molar-refractivity contribution in [1.82, 2.24) is 24.4 Å². The molecule has 0 heterocycles. The van der Waals surface area contributed by atoms with Gasteiger partial charge in [0.2, 0.25) is 20.0 Å². The largest absolute Gasteiger partial charge is 0.390 e. The number of aliphatic hydroxyl groups excluding tert-OH is 1. The van der Waals surface area contributed by atoms with Crippen LogP contribution in [0.1, 0.15) is 66.8 Å². The van der Waals surface area contributed by atoms with Crippen LogP contribution in [0.4, 0.5) is 8.78 Å². The van der Waals surface area contributed by atoms with Crippen molar-refractivity contribution in [3.63, 3.8) is 0 Å². The van der Waals surface area contributed by atoms with Crippen molar-refractivity contribution in [3.8, 4) is 0 Å². The molecule has 2 aromatic rings. The number of amides is 2. The Labute approximate surface area is 277 Å². The van der Waals surface area contributed by atoms with Gasteiger partial charge in [-0.2, -0.15) is 0 Å². The smallest absolute Gasteiger partial charge is 0.253 e. The van der Waals surface area contributed by atoms with Crippen molar-refractivity contribution in [2.24, 2.45) is 5.92 Å². The van der Waals surface area contributed by atoms with Crippen LogP contribution in [0.5, 0.6) is 0 Å². The topological polar surface area (TPSA) is 156 Å². The van der Waals surface area contributed by atoms with Gasteiger partial charge in [0.25, 0.3) is 11.8 Å². The van der Waals surface area contributed by atoms with E-state index in [1.54, 1.807) is 18.7 Å². The quantitative estimate of drug-likeness (QED) is 0.200. The predicted octanol–water partition coefficient (Wildman–Crippen LogP) is 2.60. The van der Waals surface area contributed by atoms with E-state index < -0.39 is 55.6 Å². The first kappa shape index (κ1) is 40.2. The standard InChI is InChI=1S/C31H47F2N5O7S2/c1-8-10-38(11-9-2)31(41)24-15-23(16-27(17-24)47(44,45)36(5)6)30(40)34-28(14-22-12-25(32)18-26(33)13-22)29(39)19-37(7)35-46(42,43)20-21(3)4/h12-13,15-18,21,28-29,35,39H,8-11,14,19-20H2,1-7H3,(H,34,40). The van der Waals surface area contributed by atoms with Gasteiger partial charge in [-0.3, -0.25) is 9.59 Å². The second kappa shape index (κ2) is 17.4. The first-order chi connectivity index (χ1) is 21.8. The van der Waals surface area contributed by atoms with Crippen LogP contribution >= 0.6 is 0 Å². The molecule has 0 bridgehead atoms. The number of carbonyl (C=O) groups excluding carboxylic acids is 2. The molecular formula is C31H47F2N5O7S2. The van der Waals surface area contributed by atoms with Crippen LogP contribution in [0.2, 0.25) is 0 Å². The van der Waals surface area contributed by atoms with E-state index in [1.807, 2.05) is 13.8 Å². The Kier molecular flexibility index (Phi) is 14.9. The molecule has 2 amide bonds. The molecule has 2 rings (SSSR count). The van der Waals surface area contributed by atoms with Crippen molar-refractivity contribution >= 4 is 31.9 Å². The molecule has 0 saturated carbocycles. The number of halogens is 2. The molecule has 264 valence electrons. The van der Waals surface area contributed by atoms with Gasteiger partial charge in [-0.05, 0) is 61.1 Å².